The fourth-order valence-corrected chi connectivity index (χ4v) is 3.71. The number of nitro groups is 1. The van der Waals surface area contributed by atoms with E-state index in [9.17, 15) is 19.7 Å². The van der Waals surface area contributed by atoms with Crippen LogP contribution in [0.5, 0.6) is 0 Å². The Balaban J connectivity index is 1.85. The lowest BCUT2D eigenvalue weighted by Crippen LogP contribution is -2.49. The van der Waals surface area contributed by atoms with Gasteiger partial charge in [-0.25, -0.2) is 4.79 Å². The van der Waals surface area contributed by atoms with Gasteiger partial charge in [-0.3, -0.25) is 19.8 Å². The summed E-state index contributed by atoms with van der Waals surface area (Å²) in [6, 6.07) is 14.2. The molecule has 0 spiro atoms. The lowest BCUT2D eigenvalue weighted by Gasteiger charge is -2.39. The van der Waals surface area contributed by atoms with E-state index in [0.29, 0.717) is 41.8 Å². The van der Waals surface area contributed by atoms with E-state index in [1.807, 2.05) is 30.3 Å². The first-order valence-electron chi connectivity index (χ1n) is 8.72. The normalized spacial score (nSPS) is 19.6. The molecule has 1 aliphatic heterocycles. The summed E-state index contributed by atoms with van der Waals surface area (Å²) in [5, 5.41) is 14.0. The van der Waals surface area contributed by atoms with Crippen molar-refractivity contribution in [3.63, 3.8) is 0 Å². The topological polar surface area (TPSA) is 92.5 Å². The van der Waals surface area contributed by atoms with Crippen LogP contribution in [0.25, 0.3) is 0 Å². The van der Waals surface area contributed by atoms with E-state index >= 15 is 0 Å². The van der Waals surface area contributed by atoms with Crippen LogP contribution in [0, 0.1) is 10.1 Å². The molecule has 7 nitrogen and oxygen atoms in total. The molecule has 2 aliphatic rings. The number of carbonyl (C=O) groups excluding carboxylic acids is 2. The lowest BCUT2D eigenvalue weighted by atomic mass is 9.84. The zero-order valence-electron chi connectivity index (χ0n) is 14.4. The van der Waals surface area contributed by atoms with Crippen molar-refractivity contribution in [2.75, 3.05) is 4.90 Å². The maximum absolute atomic E-state index is 12.9. The molecule has 1 N–H and O–H groups in total. The van der Waals surface area contributed by atoms with Gasteiger partial charge in [0.1, 0.15) is 0 Å². The molecule has 0 radical (unpaired) electrons. The quantitative estimate of drug-likeness (QED) is 0.662. The van der Waals surface area contributed by atoms with Crippen molar-refractivity contribution in [2.45, 2.75) is 25.3 Å². The van der Waals surface area contributed by atoms with Gasteiger partial charge in [-0.1, -0.05) is 30.3 Å². The highest BCUT2D eigenvalue weighted by Crippen LogP contribution is 2.39. The Labute approximate surface area is 155 Å². The Morgan fingerprint density at radius 3 is 2.56 bits per heavy atom. The molecular weight excluding hydrogens is 346 g/mol. The van der Waals surface area contributed by atoms with Gasteiger partial charge in [-0.05, 0) is 30.5 Å². The summed E-state index contributed by atoms with van der Waals surface area (Å²) in [6.07, 6.45) is 1.69. The first-order valence-corrected chi connectivity index (χ1v) is 8.72. The molecular formula is C20H17N3O4. The summed E-state index contributed by atoms with van der Waals surface area (Å²) in [5.41, 5.74) is 2.35. The number of hydrogen-bond acceptors (Lipinski definition) is 4. The molecule has 1 heterocycles. The molecule has 7 heteroatoms. The zero-order valence-corrected chi connectivity index (χ0v) is 14.4. The number of amides is 2. The number of benzene rings is 2. The number of nitro benzene ring substituents is 1. The second-order valence-electron chi connectivity index (χ2n) is 6.54. The van der Waals surface area contributed by atoms with Crippen LogP contribution in [0.2, 0.25) is 0 Å². The number of Topliss-reactive ketones (excluding diaryl/α,β-unsaturated/α-hetero) is 1. The molecule has 4 rings (SSSR count). The number of hydrogen-bond donors (Lipinski definition) is 1. The Bertz CT molecular complexity index is 968. The maximum atomic E-state index is 12.9. The zero-order chi connectivity index (χ0) is 19.0. The van der Waals surface area contributed by atoms with Crippen molar-refractivity contribution in [1.29, 1.82) is 0 Å². The number of urea groups is 1. The van der Waals surface area contributed by atoms with Gasteiger partial charge >= 0.3 is 6.03 Å². The predicted octanol–water partition coefficient (Wildman–Crippen LogP) is 3.87. The average Bonchev–Trinajstić information content (AvgIpc) is 2.68. The van der Waals surface area contributed by atoms with Gasteiger partial charge in [0.15, 0.2) is 5.78 Å². The number of nitrogens with one attached hydrogen (secondary N) is 1. The molecule has 2 amide bonds. The third kappa shape index (κ3) is 2.97. The Morgan fingerprint density at radius 2 is 1.81 bits per heavy atom. The largest absolute Gasteiger partial charge is 0.327 e. The van der Waals surface area contributed by atoms with E-state index in [1.165, 1.54) is 12.1 Å². The van der Waals surface area contributed by atoms with E-state index in [4.69, 9.17) is 0 Å². The molecule has 1 atom stereocenters. The smallest absolute Gasteiger partial charge is 0.326 e. The molecule has 2 aromatic rings. The van der Waals surface area contributed by atoms with Crippen molar-refractivity contribution in [3.05, 3.63) is 81.5 Å². The maximum Gasteiger partial charge on any atom is 0.327 e. The van der Waals surface area contributed by atoms with E-state index in [0.717, 1.165) is 0 Å². The van der Waals surface area contributed by atoms with Gasteiger partial charge in [0.25, 0.3) is 5.69 Å². The number of rotatable bonds is 3. The van der Waals surface area contributed by atoms with Crippen LogP contribution >= 0.6 is 0 Å². The van der Waals surface area contributed by atoms with E-state index in [1.54, 1.807) is 17.0 Å². The minimum absolute atomic E-state index is 0.0336. The summed E-state index contributed by atoms with van der Waals surface area (Å²) in [5.74, 6) is -0.0336. The molecule has 0 saturated heterocycles. The van der Waals surface area contributed by atoms with Crippen molar-refractivity contribution < 1.29 is 14.5 Å². The molecule has 2 aromatic carbocycles. The van der Waals surface area contributed by atoms with E-state index in [2.05, 4.69) is 5.32 Å². The first-order chi connectivity index (χ1) is 13.1. The minimum atomic E-state index is -0.680. The number of non-ortho nitro benzene ring substituents is 1. The van der Waals surface area contributed by atoms with Gasteiger partial charge in [-0.2, -0.15) is 0 Å². The van der Waals surface area contributed by atoms with E-state index in [-0.39, 0.29) is 17.5 Å². The lowest BCUT2D eigenvalue weighted by molar-refractivity contribution is -0.384. The van der Waals surface area contributed by atoms with Gasteiger partial charge in [-0.15, -0.1) is 0 Å². The number of ketones is 1. The summed E-state index contributed by atoms with van der Waals surface area (Å²) in [6.45, 7) is 0. The molecule has 27 heavy (non-hydrogen) atoms. The highest BCUT2D eigenvalue weighted by Gasteiger charge is 2.39. The van der Waals surface area contributed by atoms with Crippen molar-refractivity contribution in [3.8, 4) is 0 Å². The first kappa shape index (κ1) is 17.0. The van der Waals surface area contributed by atoms with Crippen LogP contribution in [-0.4, -0.2) is 16.7 Å². The van der Waals surface area contributed by atoms with Crippen LogP contribution in [-0.2, 0) is 4.79 Å². The van der Waals surface area contributed by atoms with Crippen molar-refractivity contribution >= 4 is 23.2 Å². The average molecular weight is 363 g/mol. The molecule has 1 unspecified atom stereocenters. The van der Waals surface area contributed by atoms with Crippen molar-refractivity contribution in [1.82, 2.24) is 5.32 Å². The van der Waals surface area contributed by atoms with Gasteiger partial charge in [0.2, 0.25) is 0 Å². The number of allylic oxidation sites excluding steroid dienone is 1. The van der Waals surface area contributed by atoms with Crippen molar-refractivity contribution in [2.24, 2.45) is 0 Å². The number of para-hydroxylation sites is 1. The van der Waals surface area contributed by atoms with Crippen LogP contribution in [0.1, 0.15) is 30.9 Å². The highest BCUT2D eigenvalue weighted by molar-refractivity contribution is 6.06. The molecule has 0 aromatic heterocycles. The Morgan fingerprint density at radius 1 is 1.04 bits per heavy atom. The molecule has 0 saturated carbocycles. The third-order valence-electron chi connectivity index (χ3n) is 4.89. The Kier molecular flexibility index (Phi) is 4.19. The summed E-state index contributed by atoms with van der Waals surface area (Å²) in [7, 11) is 0. The fraction of sp³-hybridized carbons (Fsp3) is 0.200. The SMILES string of the molecule is O=C1CCCC2=C1C(c1cccc([N+](=O)[O-])c1)NC(=O)N2c1ccccc1. The number of carbonyl (C=O) groups is 2. The van der Waals surface area contributed by atoms with Crippen LogP contribution in [0.4, 0.5) is 16.2 Å². The highest BCUT2D eigenvalue weighted by atomic mass is 16.6. The predicted molar refractivity (Wildman–Crippen MR) is 99.2 cm³/mol. The minimum Gasteiger partial charge on any atom is -0.326 e. The summed E-state index contributed by atoms with van der Waals surface area (Å²) < 4.78 is 0. The van der Waals surface area contributed by atoms with Crippen LogP contribution in [0.3, 0.4) is 0 Å². The molecule has 0 bridgehead atoms. The second-order valence-corrected chi connectivity index (χ2v) is 6.54. The number of anilines is 1. The fourth-order valence-electron chi connectivity index (χ4n) is 3.71. The van der Waals surface area contributed by atoms with E-state index < -0.39 is 11.0 Å². The second kappa shape index (κ2) is 6.68. The third-order valence-corrected chi connectivity index (χ3v) is 4.89. The standard InChI is InChI=1S/C20H17N3O4/c24-17-11-5-10-16-18(17)19(13-6-4-9-15(12-13)23(26)27)21-20(25)22(16)14-7-2-1-3-8-14/h1-4,6-9,12,19H,5,10-11H2,(H,21,25). The number of nitrogens with zero attached hydrogens (tertiary/aromatic N) is 2. The van der Waals surface area contributed by atoms with Crippen LogP contribution in [0.15, 0.2) is 65.9 Å². The molecule has 1 aliphatic carbocycles. The monoisotopic (exact) mass is 363 g/mol. The van der Waals surface area contributed by atoms with Gasteiger partial charge in [0, 0.05) is 29.8 Å². The van der Waals surface area contributed by atoms with Gasteiger partial charge in [0.05, 0.1) is 16.7 Å². The molecule has 136 valence electrons. The summed E-state index contributed by atoms with van der Waals surface area (Å²) >= 11 is 0. The van der Waals surface area contributed by atoms with Gasteiger partial charge < -0.3 is 5.32 Å². The molecule has 0 fully saturated rings. The van der Waals surface area contributed by atoms with Crippen LogP contribution < -0.4 is 10.2 Å². The Hall–Kier alpha value is -3.48. The summed E-state index contributed by atoms with van der Waals surface area (Å²) in [4.78, 5) is 37.8.